The molecule has 0 saturated heterocycles. The highest BCUT2D eigenvalue weighted by Gasteiger charge is 2.15. The van der Waals surface area contributed by atoms with Crippen LogP contribution < -0.4 is 0 Å². The van der Waals surface area contributed by atoms with Gasteiger partial charge in [-0.2, -0.15) is 5.10 Å². The Morgan fingerprint density at radius 2 is 2.36 bits per heavy atom. The van der Waals surface area contributed by atoms with E-state index in [4.69, 9.17) is 0 Å². The number of allylic oxidation sites excluding steroid dienone is 2. The Labute approximate surface area is 81.5 Å². The third-order valence-corrected chi connectivity index (χ3v) is 1.73. The van der Waals surface area contributed by atoms with Crippen molar-refractivity contribution in [1.29, 1.82) is 0 Å². The molecule has 1 aromatic rings. The maximum atomic E-state index is 13.2. The van der Waals surface area contributed by atoms with Crippen molar-refractivity contribution >= 4 is 6.29 Å². The van der Waals surface area contributed by atoms with E-state index in [9.17, 15) is 9.18 Å². The molecule has 0 fully saturated rings. The third kappa shape index (κ3) is 1.96. The lowest BCUT2D eigenvalue weighted by Crippen LogP contribution is -1.97. The molecule has 0 aromatic carbocycles. The van der Waals surface area contributed by atoms with Crippen LogP contribution in [0.2, 0.25) is 0 Å². The Morgan fingerprint density at radius 3 is 2.86 bits per heavy atom. The van der Waals surface area contributed by atoms with Crippen LogP contribution in [0, 0.1) is 0 Å². The molecule has 1 heterocycles. The molecular formula is C10H11FN2O. The summed E-state index contributed by atoms with van der Waals surface area (Å²) in [5.74, 6) is 0. The van der Waals surface area contributed by atoms with Gasteiger partial charge in [0.05, 0.1) is 12.1 Å². The maximum absolute atomic E-state index is 13.2. The van der Waals surface area contributed by atoms with E-state index in [0.717, 1.165) is 6.08 Å². The smallest absolute Gasteiger partial charge is 0.162 e. The Kier molecular flexibility index (Phi) is 3.34. The van der Waals surface area contributed by atoms with E-state index in [1.165, 1.54) is 10.9 Å². The minimum Gasteiger partial charge on any atom is -0.298 e. The van der Waals surface area contributed by atoms with Gasteiger partial charge in [-0.15, -0.1) is 6.58 Å². The molecule has 1 rings (SSSR count). The second kappa shape index (κ2) is 4.50. The molecule has 0 bridgehead atoms. The van der Waals surface area contributed by atoms with Crippen molar-refractivity contribution in [2.24, 2.45) is 0 Å². The van der Waals surface area contributed by atoms with Gasteiger partial charge in [-0.25, -0.2) is 4.39 Å². The maximum Gasteiger partial charge on any atom is 0.162 e. The second-order valence-electron chi connectivity index (χ2n) is 2.74. The van der Waals surface area contributed by atoms with E-state index in [-0.39, 0.29) is 11.3 Å². The second-order valence-corrected chi connectivity index (χ2v) is 2.74. The zero-order chi connectivity index (χ0) is 10.6. The summed E-state index contributed by atoms with van der Waals surface area (Å²) in [6, 6.07) is 0. The molecule has 0 N–H and O–H groups in total. The Hall–Kier alpha value is -1.71. The van der Waals surface area contributed by atoms with Gasteiger partial charge in [0, 0.05) is 6.20 Å². The van der Waals surface area contributed by atoms with Crippen LogP contribution in [0.15, 0.2) is 31.5 Å². The molecule has 0 aliphatic heterocycles. The molecule has 0 aliphatic carbocycles. The van der Waals surface area contributed by atoms with E-state index in [2.05, 4.69) is 18.3 Å². The van der Waals surface area contributed by atoms with Crippen LogP contribution >= 0.6 is 0 Å². The third-order valence-electron chi connectivity index (χ3n) is 1.73. The van der Waals surface area contributed by atoms with Crippen LogP contribution in [-0.4, -0.2) is 16.1 Å². The minimum absolute atomic E-state index is 0.108. The monoisotopic (exact) mass is 194 g/mol. The number of hydrogen-bond acceptors (Lipinski definition) is 2. The van der Waals surface area contributed by atoms with Crippen LogP contribution in [0.5, 0.6) is 0 Å². The summed E-state index contributed by atoms with van der Waals surface area (Å²) in [5.41, 5.74) is 0.358. The first-order chi connectivity index (χ1) is 6.72. The summed E-state index contributed by atoms with van der Waals surface area (Å²) < 4.78 is 14.6. The largest absolute Gasteiger partial charge is 0.298 e. The summed E-state index contributed by atoms with van der Waals surface area (Å²) in [7, 11) is 0. The quantitative estimate of drug-likeness (QED) is 0.531. The zero-order valence-electron chi connectivity index (χ0n) is 7.69. The summed E-state index contributed by atoms with van der Waals surface area (Å²) in [6.45, 7) is 7.28. The summed E-state index contributed by atoms with van der Waals surface area (Å²) in [6.07, 6.45) is 3.39. The first-order valence-electron chi connectivity index (χ1n) is 4.13. The van der Waals surface area contributed by atoms with Gasteiger partial charge >= 0.3 is 0 Å². The van der Waals surface area contributed by atoms with Gasteiger partial charge in [0.1, 0.15) is 5.69 Å². The van der Waals surface area contributed by atoms with Gasteiger partial charge in [0.15, 0.2) is 12.5 Å². The summed E-state index contributed by atoms with van der Waals surface area (Å²) in [4.78, 5) is 10.6. The van der Waals surface area contributed by atoms with E-state index in [1.807, 2.05) is 0 Å². The van der Waals surface area contributed by atoms with Gasteiger partial charge in [-0.05, 0) is 0 Å². The minimum atomic E-state index is -1.40. The number of aromatic nitrogens is 2. The predicted molar refractivity (Wildman–Crippen MR) is 51.9 cm³/mol. The average molecular weight is 194 g/mol. The van der Waals surface area contributed by atoms with Crippen LogP contribution in [0.1, 0.15) is 22.2 Å². The van der Waals surface area contributed by atoms with Crippen molar-refractivity contribution in [3.63, 3.8) is 0 Å². The van der Waals surface area contributed by atoms with Gasteiger partial charge in [0.2, 0.25) is 0 Å². The lowest BCUT2D eigenvalue weighted by molar-refractivity contribution is 0.112. The number of nitrogens with zero attached hydrogens (tertiary/aromatic N) is 2. The number of aldehydes is 1. The molecule has 4 heteroatoms. The molecule has 74 valence electrons. The van der Waals surface area contributed by atoms with Crippen molar-refractivity contribution in [2.45, 2.75) is 12.7 Å². The van der Waals surface area contributed by atoms with Crippen molar-refractivity contribution in [3.05, 3.63) is 42.8 Å². The topological polar surface area (TPSA) is 34.9 Å². The summed E-state index contributed by atoms with van der Waals surface area (Å²) in [5, 5.41) is 3.91. The highest BCUT2D eigenvalue weighted by Crippen LogP contribution is 2.19. The fourth-order valence-electron chi connectivity index (χ4n) is 1.09. The lowest BCUT2D eigenvalue weighted by Gasteiger charge is -1.97. The molecule has 1 aromatic heterocycles. The first-order valence-corrected chi connectivity index (χ1v) is 4.13. The fraction of sp³-hybridized carbons (Fsp3) is 0.200. The number of rotatable bonds is 5. The van der Waals surface area contributed by atoms with Crippen LogP contribution in [0.4, 0.5) is 4.39 Å². The Morgan fingerprint density at radius 1 is 1.64 bits per heavy atom. The number of carbonyl (C=O) groups excluding carboxylic acids is 1. The first kappa shape index (κ1) is 10.4. The van der Waals surface area contributed by atoms with E-state index in [0.29, 0.717) is 12.8 Å². The molecule has 1 unspecified atom stereocenters. The van der Waals surface area contributed by atoms with Gasteiger partial charge < -0.3 is 0 Å². The van der Waals surface area contributed by atoms with Crippen molar-refractivity contribution in [3.8, 4) is 0 Å². The molecular weight excluding hydrogens is 183 g/mol. The van der Waals surface area contributed by atoms with Gasteiger partial charge in [-0.3, -0.25) is 9.48 Å². The average Bonchev–Trinajstić information content (AvgIpc) is 2.60. The zero-order valence-corrected chi connectivity index (χ0v) is 7.69. The highest BCUT2D eigenvalue weighted by atomic mass is 19.1. The molecule has 0 aliphatic rings. The van der Waals surface area contributed by atoms with E-state index >= 15 is 0 Å². The van der Waals surface area contributed by atoms with Crippen molar-refractivity contribution in [2.75, 3.05) is 0 Å². The van der Waals surface area contributed by atoms with E-state index in [1.54, 1.807) is 6.08 Å². The van der Waals surface area contributed by atoms with Crippen molar-refractivity contribution < 1.29 is 9.18 Å². The molecule has 14 heavy (non-hydrogen) atoms. The fourth-order valence-corrected chi connectivity index (χ4v) is 1.09. The molecule has 1 atom stereocenters. The molecule has 0 spiro atoms. The Bertz CT molecular complexity index is 357. The number of alkyl halides is 1. The van der Waals surface area contributed by atoms with Crippen molar-refractivity contribution in [1.82, 2.24) is 9.78 Å². The molecule has 0 saturated carbocycles. The molecule has 0 radical (unpaired) electrons. The number of hydrogen-bond donors (Lipinski definition) is 0. The van der Waals surface area contributed by atoms with E-state index < -0.39 is 6.17 Å². The van der Waals surface area contributed by atoms with Gasteiger partial charge in [0.25, 0.3) is 0 Å². The summed E-state index contributed by atoms with van der Waals surface area (Å²) >= 11 is 0. The van der Waals surface area contributed by atoms with Gasteiger partial charge in [-0.1, -0.05) is 18.7 Å². The molecule has 0 amide bonds. The molecule has 3 nitrogen and oxygen atoms in total. The van der Waals surface area contributed by atoms with Crippen LogP contribution in [0.3, 0.4) is 0 Å². The predicted octanol–water partition coefficient (Wildman–Crippen LogP) is 2.08. The lowest BCUT2D eigenvalue weighted by atomic mass is 10.2. The van der Waals surface area contributed by atoms with Crippen LogP contribution in [-0.2, 0) is 6.54 Å². The van der Waals surface area contributed by atoms with Crippen LogP contribution in [0.25, 0.3) is 0 Å². The number of carbonyl (C=O) groups is 1. The SMILES string of the molecule is C=CCn1cc(C=O)c(C(F)C=C)n1. The normalized spacial score (nSPS) is 12.1. The highest BCUT2D eigenvalue weighted by molar-refractivity contribution is 5.76. The standard InChI is InChI=1S/C10H11FN2O/c1-3-5-13-6-8(7-14)10(12-13)9(11)4-2/h3-4,6-7,9H,1-2,5H2. The Balaban J connectivity index is 3.07. The number of halogens is 1.